The number of carbonyl (C=O) groups excluding carboxylic acids is 1. The fourth-order valence-electron chi connectivity index (χ4n) is 2.94. The van der Waals surface area contributed by atoms with E-state index >= 15 is 0 Å². The zero-order valence-electron chi connectivity index (χ0n) is 14.3. The van der Waals surface area contributed by atoms with Crippen molar-refractivity contribution in [3.8, 4) is 0 Å². The average molecular weight is 328 g/mol. The van der Waals surface area contributed by atoms with E-state index in [2.05, 4.69) is 31.3 Å². The van der Waals surface area contributed by atoms with E-state index < -0.39 is 0 Å². The Kier molecular flexibility index (Phi) is 5.22. The highest BCUT2D eigenvalue weighted by molar-refractivity contribution is 5.91. The van der Waals surface area contributed by atoms with Crippen molar-refractivity contribution in [2.45, 2.75) is 13.5 Å². The van der Waals surface area contributed by atoms with Crippen LogP contribution >= 0.6 is 0 Å². The monoisotopic (exact) mass is 328 g/mol. The molecule has 0 bridgehead atoms. The van der Waals surface area contributed by atoms with E-state index in [4.69, 9.17) is 0 Å². The summed E-state index contributed by atoms with van der Waals surface area (Å²) in [5, 5.41) is 7.16. The summed E-state index contributed by atoms with van der Waals surface area (Å²) in [5.74, 6) is 0.752. The van der Waals surface area contributed by atoms with Gasteiger partial charge in [0.15, 0.2) is 0 Å². The van der Waals surface area contributed by atoms with Gasteiger partial charge in [0, 0.05) is 52.0 Å². The number of amides is 1. The summed E-state index contributed by atoms with van der Waals surface area (Å²) >= 11 is 0. The molecular weight excluding hydrogens is 304 g/mol. The van der Waals surface area contributed by atoms with Crippen LogP contribution in [0.4, 0.5) is 5.82 Å². The fraction of sp³-hybridized carbons (Fsp3) is 0.471. The van der Waals surface area contributed by atoms with Crippen LogP contribution in [-0.2, 0) is 18.4 Å². The molecule has 1 fully saturated rings. The van der Waals surface area contributed by atoms with E-state index in [1.165, 1.54) is 0 Å². The van der Waals surface area contributed by atoms with E-state index in [1.807, 2.05) is 38.4 Å². The lowest BCUT2D eigenvalue weighted by atomic mass is 10.2. The normalized spacial score (nSPS) is 16.2. The number of carbonyl (C=O) groups is 1. The first-order chi connectivity index (χ1) is 11.6. The van der Waals surface area contributed by atoms with Gasteiger partial charge in [-0.25, -0.2) is 0 Å². The van der Waals surface area contributed by atoms with Crippen molar-refractivity contribution in [3.63, 3.8) is 0 Å². The van der Waals surface area contributed by atoms with Gasteiger partial charge < -0.3 is 5.32 Å². The van der Waals surface area contributed by atoms with E-state index in [-0.39, 0.29) is 5.91 Å². The van der Waals surface area contributed by atoms with Gasteiger partial charge in [-0.1, -0.05) is 6.07 Å². The molecule has 2 aromatic heterocycles. The van der Waals surface area contributed by atoms with Crippen LogP contribution < -0.4 is 5.32 Å². The molecule has 0 spiro atoms. The number of anilines is 1. The van der Waals surface area contributed by atoms with Crippen molar-refractivity contribution in [2.24, 2.45) is 7.05 Å². The summed E-state index contributed by atoms with van der Waals surface area (Å²) in [5.41, 5.74) is 1.99. The largest absolute Gasteiger partial charge is 0.310 e. The van der Waals surface area contributed by atoms with Gasteiger partial charge in [0.05, 0.1) is 17.9 Å². The van der Waals surface area contributed by atoms with Gasteiger partial charge in [-0.05, 0) is 19.1 Å². The predicted molar refractivity (Wildman–Crippen MR) is 92.5 cm³/mol. The lowest BCUT2D eigenvalue weighted by molar-refractivity contribution is -0.117. The van der Waals surface area contributed by atoms with Gasteiger partial charge in [-0.2, -0.15) is 5.10 Å². The van der Waals surface area contributed by atoms with Crippen LogP contribution in [0.3, 0.4) is 0 Å². The first-order valence-corrected chi connectivity index (χ1v) is 8.25. The van der Waals surface area contributed by atoms with Crippen LogP contribution in [-0.4, -0.2) is 63.2 Å². The number of hydrogen-bond acceptors (Lipinski definition) is 5. The maximum atomic E-state index is 12.2. The zero-order valence-corrected chi connectivity index (χ0v) is 14.3. The third-order valence-corrected chi connectivity index (χ3v) is 4.21. The summed E-state index contributed by atoms with van der Waals surface area (Å²) in [6.07, 6.45) is 1.83. The number of piperazine rings is 1. The maximum absolute atomic E-state index is 12.2. The SMILES string of the molecule is Cc1cc(NC(=O)CN2CCN(Cc3ccccn3)CC2)n(C)n1. The summed E-state index contributed by atoms with van der Waals surface area (Å²) in [4.78, 5) is 21.1. The molecule has 0 atom stereocenters. The second-order valence-corrected chi connectivity index (χ2v) is 6.22. The Labute approximate surface area is 142 Å². The van der Waals surface area contributed by atoms with Gasteiger partial charge in [-0.15, -0.1) is 0 Å². The fourth-order valence-corrected chi connectivity index (χ4v) is 2.94. The highest BCUT2D eigenvalue weighted by Crippen LogP contribution is 2.09. The van der Waals surface area contributed by atoms with Crippen molar-refractivity contribution in [1.29, 1.82) is 0 Å². The highest BCUT2D eigenvalue weighted by Gasteiger charge is 2.19. The molecule has 3 heterocycles. The van der Waals surface area contributed by atoms with E-state index in [0.29, 0.717) is 6.54 Å². The highest BCUT2D eigenvalue weighted by atomic mass is 16.2. The summed E-state index contributed by atoms with van der Waals surface area (Å²) in [7, 11) is 1.83. The minimum atomic E-state index is 0.0103. The van der Waals surface area contributed by atoms with Crippen LogP contribution in [0.15, 0.2) is 30.5 Å². The predicted octanol–water partition coefficient (Wildman–Crippen LogP) is 0.880. The summed E-state index contributed by atoms with van der Waals surface area (Å²) in [6.45, 7) is 6.89. The molecule has 7 nitrogen and oxygen atoms in total. The van der Waals surface area contributed by atoms with Gasteiger partial charge in [0.25, 0.3) is 0 Å². The molecule has 0 aromatic carbocycles. The molecule has 1 amide bonds. The van der Waals surface area contributed by atoms with Crippen molar-refractivity contribution in [2.75, 3.05) is 38.0 Å². The number of hydrogen-bond donors (Lipinski definition) is 1. The number of nitrogens with zero attached hydrogens (tertiary/aromatic N) is 5. The first kappa shape index (κ1) is 16.6. The van der Waals surface area contributed by atoms with Gasteiger partial charge in [-0.3, -0.25) is 24.3 Å². The van der Waals surface area contributed by atoms with E-state index in [0.717, 1.165) is 49.9 Å². The second-order valence-electron chi connectivity index (χ2n) is 6.22. The Hall–Kier alpha value is -2.25. The molecule has 0 radical (unpaired) electrons. The van der Waals surface area contributed by atoms with E-state index in [9.17, 15) is 4.79 Å². The standard InChI is InChI=1S/C17H24N6O/c1-14-11-16(21(2)20-14)19-17(24)13-23-9-7-22(8-10-23)12-15-5-3-4-6-18-15/h3-6,11H,7-10,12-13H2,1-2H3,(H,19,24). The van der Waals surface area contributed by atoms with Crippen molar-refractivity contribution < 1.29 is 4.79 Å². The lowest BCUT2D eigenvalue weighted by Crippen LogP contribution is -2.48. The Morgan fingerprint density at radius 1 is 1.21 bits per heavy atom. The quantitative estimate of drug-likeness (QED) is 0.883. The molecule has 1 aliphatic rings. The third-order valence-electron chi connectivity index (χ3n) is 4.21. The van der Waals surface area contributed by atoms with Crippen molar-refractivity contribution >= 4 is 11.7 Å². The lowest BCUT2D eigenvalue weighted by Gasteiger charge is -2.34. The molecule has 7 heteroatoms. The molecule has 128 valence electrons. The number of rotatable bonds is 5. The Morgan fingerprint density at radius 2 is 1.96 bits per heavy atom. The molecular formula is C17H24N6O. The topological polar surface area (TPSA) is 66.3 Å². The summed E-state index contributed by atoms with van der Waals surface area (Å²) in [6, 6.07) is 7.88. The number of nitrogens with one attached hydrogen (secondary N) is 1. The van der Waals surface area contributed by atoms with Crippen molar-refractivity contribution in [1.82, 2.24) is 24.6 Å². The van der Waals surface area contributed by atoms with Gasteiger partial charge in [0.2, 0.25) is 5.91 Å². The molecule has 0 saturated carbocycles. The van der Waals surface area contributed by atoms with Crippen molar-refractivity contribution in [3.05, 3.63) is 41.9 Å². The number of pyridine rings is 1. The zero-order chi connectivity index (χ0) is 16.9. The minimum Gasteiger partial charge on any atom is -0.310 e. The van der Waals surface area contributed by atoms with Gasteiger partial charge in [0.1, 0.15) is 5.82 Å². The average Bonchev–Trinajstić information content (AvgIpc) is 2.87. The molecule has 24 heavy (non-hydrogen) atoms. The first-order valence-electron chi connectivity index (χ1n) is 8.25. The molecule has 1 aliphatic heterocycles. The summed E-state index contributed by atoms with van der Waals surface area (Å²) < 4.78 is 1.69. The number of aryl methyl sites for hydroxylation is 2. The molecule has 0 unspecified atom stereocenters. The Morgan fingerprint density at radius 3 is 2.58 bits per heavy atom. The van der Waals surface area contributed by atoms with Gasteiger partial charge >= 0.3 is 0 Å². The van der Waals surface area contributed by atoms with Crippen LogP contribution in [0.5, 0.6) is 0 Å². The molecule has 2 aromatic rings. The number of aromatic nitrogens is 3. The third kappa shape index (κ3) is 4.39. The maximum Gasteiger partial charge on any atom is 0.239 e. The molecule has 1 saturated heterocycles. The molecule has 1 N–H and O–H groups in total. The Balaban J connectivity index is 1.43. The molecule has 0 aliphatic carbocycles. The van der Waals surface area contributed by atoms with Crippen LogP contribution in [0.2, 0.25) is 0 Å². The van der Waals surface area contributed by atoms with Crippen LogP contribution in [0.25, 0.3) is 0 Å². The molecule has 3 rings (SSSR count). The smallest absolute Gasteiger partial charge is 0.239 e. The van der Waals surface area contributed by atoms with Crippen LogP contribution in [0, 0.1) is 6.92 Å². The van der Waals surface area contributed by atoms with Crippen LogP contribution in [0.1, 0.15) is 11.4 Å². The second kappa shape index (κ2) is 7.55. The van der Waals surface area contributed by atoms with E-state index in [1.54, 1.807) is 4.68 Å². The Bertz CT molecular complexity index is 676. The minimum absolute atomic E-state index is 0.0103.